The van der Waals surface area contributed by atoms with E-state index < -0.39 is 0 Å². The van der Waals surface area contributed by atoms with Crippen molar-refractivity contribution in [3.05, 3.63) is 58.4 Å². The molecule has 3 rings (SSSR count). The molecule has 21 heavy (non-hydrogen) atoms. The summed E-state index contributed by atoms with van der Waals surface area (Å²) in [6.07, 6.45) is 6.13. The van der Waals surface area contributed by atoms with E-state index in [-0.39, 0.29) is 6.04 Å². The molecule has 0 bridgehead atoms. The molecule has 0 radical (unpaired) electrons. The van der Waals surface area contributed by atoms with Crippen molar-refractivity contribution >= 4 is 11.6 Å². The molecular weight excluding hydrogens is 286 g/mol. The standard InChI is InChI=1S/C16H18ClN3O/c17-14-8-12-3-6-21-16(12)13(9-14)10-15(20-18)7-11-1-4-19-5-2-11/h1-2,4-5,8-9,15,20H,3,6-7,10,18H2. The van der Waals surface area contributed by atoms with E-state index in [2.05, 4.69) is 10.4 Å². The molecule has 1 atom stereocenters. The minimum atomic E-state index is 0.124. The number of nitrogens with zero attached hydrogens (tertiary/aromatic N) is 1. The fraction of sp³-hybridized carbons (Fsp3) is 0.312. The quantitative estimate of drug-likeness (QED) is 0.657. The van der Waals surface area contributed by atoms with Crippen molar-refractivity contribution in [3.63, 3.8) is 0 Å². The van der Waals surface area contributed by atoms with E-state index in [0.29, 0.717) is 0 Å². The number of pyridine rings is 1. The van der Waals surface area contributed by atoms with Gasteiger partial charge in [0, 0.05) is 29.9 Å². The first-order chi connectivity index (χ1) is 10.3. The topological polar surface area (TPSA) is 60.2 Å². The van der Waals surface area contributed by atoms with Crippen molar-refractivity contribution in [1.82, 2.24) is 10.4 Å². The zero-order valence-electron chi connectivity index (χ0n) is 11.7. The number of nitrogens with two attached hydrogens (primary N) is 1. The van der Waals surface area contributed by atoms with E-state index in [4.69, 9.17) is 22.2 Å². The van der Waals surface area contributed by atoms with Crippen LogP contribution in [0.2, 0.25) is 5.02 Å². The molecule has 1 aromatic heterocycles. The number of nitrogens with one attached hydrogen (secondary N) is 1. The Morgan fingerprint density at radius 3 is 2.86 bits per heavy atom. The maximum absolute atomic E-state index is 6.20. The largest absolute Gasteiger partial charge is 0.493 e. The summed E-state index contributed by atoms with van der Waals surface area (Å²) in [5, 5.41) is 0.758. The normalized spacial score (nSPS) is 14.6. The number of rotatable bonds is 5. The molecule has 0 spiro atoms. The monoisotopic (exact) mass is 303 g/mol. The van der Waals surface area contributed by atoms with Crippen LogP contribution in [0.1, 0.15) is 16.7 Å². The highest BCUT2D eigenvalue weighted by molar-refractivity contribution is 6.30. The molecular formula is C16H18ClN3O. The molecule has 0 saturated carbocycles. The van der Waals surface area contributed by atoms with Crippen molar-refractivity contribution in [2.75, 3.05) is 6.61 Å². The summed E-state index contributed by atoms with van der Waals surface area (Å²) >= 11 is 6.20. The third-order valence-electron chi connectivity index (χ3n) is 3.76. The molecule has 5 heteroatoms. The second kappa shape index (κ2) is 6.43. The van der Waals surface area contributed by atoms with E-state index in [0.717, 1.165) is 42.2 Å². The number of hydrazine groups is 1. The Morgan fingerprint density at radius 2 is 2.10 bits per heavy atom. The minimum absolute atomic E-state index is 0.124. The zero-order chi connectivity index (χ0) is 14.7. The first-order valence-corrected chi connectivity index (χ1v) is 7.43. The van der Waals surface area contributed by atoms with Crippen molar-refractivity contribution in [2.45, 2.75) is 25.3 Å². The van der Waals surface area contributed by atoms with Crippen LogP contribution in [-0.2, 0) is 19.3 Å². The van der Waals surface area contributed by atoms with Crippen LogP contribution in [-0.4, -0.2) is 17.6 Å². The van der Waals surface area contributed by atoms with Gasteiger partial charge in [0.1, 0.15) is 5.75 Å². The lowest BCUT2D eigenvalue weighted by molar-refractivity contribution is 0.351. The smallest absolute Gasteiger partial charge is 0.125 e. The van der Waals surface area contributed by atoms with E-state index in [1.54, 1.807) is 12.4 Å². The van der Waals surface area contributed by atoms with Crippen molar-refractivity contribution in [1.29, 1.82) is 0 Å². The SMILES string of the molecule is NNC(Cc1ccncc1)Cc1cc(Cl)cc2c1OCC2. The van der Waals surface area contributed by atoms with Gasteiger partial charge in [-0.15, -0.1) is 0 Å². The van der Waals surface area contributed by atoms with Gasteiger partial charge < -0.3 is 4.74 Å². The Balaban J connectivity index is 1.78. The van der Waals surface area contributed by atoms with Crippen LogP contribution in [0.5, 0.6) is 5.75 Å². The van der Waals surface area contributed by atoms with Gasteiger partial charge in [0.25, 0.3) is 0 Å². The molecule has 0 aliphatic carbocycles. The summed E-state index contributed by atoms with van der Waals surface area (Å²) < 4.78 is 5.74. The van der Waals surface area contributed by atoms with Gasteiger partial charge in [0.15, 0.2) is 0 Å². The lowest BCUT2D eigenvalue weighted by atomic mass is 9.97. The predicted octanol–water partition coefficient (Wildman–Crippen LogP) is 2.29. The summed E-state index contributed by atoms with van der Waals surface area (Å²) in [5.41, 5.74) is 6.40. The van der Waals surface area contributed by atoms with Crippen LogP contribution in [0.15, 0.2) is 36.7 Å². The van der Waals surface area contributed by atoms with Gasteiger partial charge in [-0.2, -0.15) is 0 Å². The van der Waals surface area contributed by atoms with Gasteiger partial charge in [-0.3, -0.25) is 16.3 Å². The second-order valence-electron chi connectivity index (χ2n) is 5.28. The Labute approximate surface area is 129 Å². The zero-order valence-corrected chi connectivity index (χ0v) is 12.4. The number of halogens is 1. The van der Waals surface area contributed by atoms with Crippen LogP contribution < -0.4 is 16.0 Å². The number of aromatic nitrogens is 1. The Morgan fingerprint density at radius 1 is 1.29 bits per heavy atom. The summed E-state index contributed by atoms with van der Waals surface area (Å²) in [7, 11) is 0. The lowest BCUT2D eigenvalue weighted by Gasteiger charge is -2.18. The van der Waals surface area contributed by atoms with Gasteiger partial charge in [0.2, 0.25) is 0 Å². The fourth-order valence-electron chi connectivity index (χ4n) is 2.76. The first kappa shape index (κ1) is 14.3. The Bertz CT molecular complexity index is 618. The van der Waals surface area contributed by atoms with Gasteiger partial charge in [0.05, 0.1) is 6.61 Å². The first-order valence-electron chi connectivity index (χ1n) is 7.05. The highest BCUT2D eigenvalue weighted by Crippen LogP contribution is 2.33. The second-order valence-corrected chi connectivity index (χ2v) is 5.72. The van der Waals surface area contributed by atoms with Crippen molar-refractivity contribution in [3.8, 4) is 5.75 Å². The Kier molecular flexibility index (Phi) is 4.39. The fourth-order valence-corrected chi connectivity index (χ4v) is 3.02. The highest BCUT2D eigenvalue weighted by Gasteiger charge is 2.20. The van der Waals surface area contributed by atoms with Gasteiger partial charge >= 0.3 is 0 Å². The average Bonchev–Trinajstić information content (AvgIpc) is 2.96. The maximum atomic E-state index is 6.20. The molecule has 1 aromatic carbocycles. The van der Waals surface area contributed by atoms with Crippen LogP contribution >= 0.6 is 11.6 Å². The molecule has 110 valence electrons. The van der Waals surface area contributed by atoms with Gasteiger partial charge in [-0.1, -0.05) is 11.6 Å². The van der Waals surface area contributed by atoms with Crippen molar-refractivity contribution < 1.29 is 4.74 Å². The maximum Gasteiger partial charge on any atom is 0.125 e. The summed E-state index contributed by atoms with van der Waals surface area (Å²) in [6, 6.07) is 8.09. The lowest BCUT2D eigenvalue weighted by Crippen LogP contribution is -2.38. The molecule has 2 heterocycles. The third-order valence-corrected chi connectivity index (χ3v) is 3.98. The minimum Gasteiger partial charge on any atom is -0.493 e. The third kappa shape index (κ3) is 3.35. The molecule has 3 N–H and O–H groups in total. The van der Waals surface area contributed by atoms with E-state index >= 15 is 0 Å². The van der Waals surface area contributed by atoms with E-state index in [1.165, 1.54) is 11.1 Å². The van der Waals surface area contributed by atoms with Crippen LogP contribution in [0.25, 0.3) is 0 Å². The number of ether oxygens (including phenoxy) is 1. The average molecular weight is 304 g/mol. The molecule has 1 aliphatic rings. The molecule has 0 fully saturated rings. The van der Waals surface area contributed by atoms with Crippen LogP contribution in [0, 0.1) is 0 Å². The summed E-state index contributed by atoms with van der Waals surface area (Å²) in [4.78, 5) is 4.03. The van der Waals surface area contributed by atoms with Gasteiger partial charge in [-0.25, -0.2) is 0 Å². The molecule has 0 saturated heterocycles. The molecule has 0 amide bonds. The van der Waals surface area contributed by atoms with E-state index in [9.17, 15) is 0 Å². The van der Waals surface area contributed by atoms with Crippen molar-refractivity contribution in [2.24, 2.45) is 5.84 Å². The summed E-state index contributed by atoms with van der Waals surface area (Å²) in [5.74, 6) is 6.69. The molecule has 1 aliphatic heterocycles. The number of hydrogen-bond donors (Lipinski definition) is 2. The van der Waals surface area contributed by atoms with Crippen LogP contribution in [0.4, 0.5) is 0 Å². The number of benzene rings is 1. The number of fused-ring (bicyclic) bond motifs is 1. The number of hydrogen-bond acceptors (Lipinski definition) is 4. The Hall–Kier alpha value is -1.62. The molecule has 2 aromatic rings. The molecule has 1 unspecified atom stereocenters. The molecule has 4 nitrogen and oxygen atoms in total. The summed E-state index contributed by atoms with van der Waals surface area (Å²) in [6.45, 7) is 0.730. The van der Waals surface area contributed by atoms with E-state index in [1.807, 2.05) is 24.3 Å². The van der Waals surface area contributed by atoms with Gasteiger partial charge in [-0.05, 0) is 53.8 Å². The highest BCUT2D eigenvalue weighted by atomic mass is 35.5. The predicted molar refractivity (Wildman–Crippen MR) is 83.4 cm³/mol. The van der Waals surface area contributed by atoms with Crippen LogP contribution in [0.3, 0.4) is 0 Å².